The number of aliphatic hydroxyl groups is 1. The van der Waals surface area contributed by atoms with Crippen LogP contribution in [0.15, 0.2) is 124 Å². The van der Waals surface area contributed by atoms with Gasteiger partial charge >= 0.3 is 6.09 Å². The number of hydrogen-bond donors (Lipinski definition) is 1. The van der Waals surface area contributed by atoms with Crippen LogP contribution in [-0.2, 0) is 26.2 Å². The fourth-order valence-corrected chi connectivity index (χ4v) is 6.71. The van der Waals surface area contributed by atoms with E-state index < -0.39 is 47.1 Å². The summed E-state index contributed by atoms with van der Waals surface area (Å²) < 4.78 is 33.7. The van der Waals surface area contributed by atoms with Crippen LogP contribution in [0.25, 0.3) is 0 Å². The Morgan fingerprint density at radius 1 is 0.960 bits per heavy atom. The molecule has 0 spiro atoms. The second-order valence-electron chi connectivity index (χ2n) is 12.5. The van der Waals surface area contributed by atoms with Gasteiger partial charge in [0.15, 0.2) is 12.2 Å². The largest absolute Gasteiger partial charge is 0.479 e. The lowest BCUT2D eigenvalue weighted by Crippen LogP contribution is -2.52. The Balaban J connectivity index is 1.05. The summed E-state index contributed by atoms with van der Waals surface area (Å²) in [5.41, 5.74) is 3.74. The molecule has 0 amide bonds. The van der Waals surface area contributed by atoms with E-state index in [4.69, 9.17) is 14.2 Å². The molecule has 5 unspecified atom stereocenters. The van der Waals surface area contributed by atoms with Gasteiger partial charge in [-0.2, -0.15) is 9.38 Å². The van der Waals surface area contributed by atoms with Crippen LogP contribution in [0.4, 0.5) is 10.1 Å². The topological polar surface area (TPSA) is 131 Å². The van der Waals surface area contributed by atoms with E-state index in [-0.39, 0.29) is 31.4 Å². The molecule has 0 bridgehead atoms. The number of ether oxygens (including phenoxy) is 3. The SMILES string of the molecule is Cc1ccc(C(OCC2OCC(N3C=NC4C(OCCc5ccc([N+](=O)[O-])cc5)=NC(F)=NC43)C2O)(c2ccccc2)c2ccccc2)cc1. The summed E-state index contributed by atoms with van der Waals surface area (Å²) >= 11 is 0. The number of amidine groups is 1. The minimum Gasteiger partial charge on any atom is -0.479 e. The molecule has 1 N–H and O–H groups in total. The molecule has 0 radical (unpaired) electrons. The van der Waals surface area contributed by atoms with Crippen LogP contribution in [0.5, 0.6) is 0 Å². The Morgan fingerprint density at radius 3 is 2.24 bits per heavy atom. The van der Waals surface area contributed by atoms with Crippen molar-refractivity contribution in [1.82, 2.24) is 4.90 Å². The third kappa shape index (κ3) is 6.52. The molecule has 4 aromatic carbocycles. The molecule has 0 aliphatic carbocycles. The van der Waals surface area contributed by atoms with Crippen molar-refractivity contribution < 1.29 is 28.6 Å². The van der Waals surface area contributed by atoms with Gasteiger partial charge in [0.1, 0.15) is 17.8 Å². The van der Waals surface area contributed by atoms with Gasteiger partial charge in [-0.15, -0.1) is 0 Å². The first kappa shape index (κ1) is 33.2. The molecule has 256 valence electrons. The predicted octanol–water partition coefficient (Wildman–Crippen LogP) is 5.38. The number of nitro benzene ring substituents is 1. The van der Waals surface area contributed by atoms with Crippen molar-refractivity contribution in [3.05, 3.63) is 147 Å². The zero-order valence-corrected chi connectivity index (χ0v) is 27.3. The van der Waals surface area contributed by atoms with Gasteiger partial charge in [0, 0.05) is 18.6 Å². The van der Waals surface area contributed by atoms with E-state index >= 15 is 0 Å². The van der Waals surface area contributed by atoms with Crippen LogP contribution < -0.4 is 0 Å². The molecular weight excluding hydrogens is 641 g/mol. The molecule has 5 atom stereocenters. The predicted molar refractivity (Wildman–Crippen MR) is 186 cm³/mol. The van der Waals surface area contributed by atoms with Gasteiger partial charge in [0.2, 0.25) is 5.90 Å². The van der Waals surface area contributed by atoms with E-state index in [2.05, 4.69) is 39.2 Å². The summed E-state index contributed by atoms with van der Waals surface area (Å²) in [4.78, 5) is 24.7. The third-order valence-corrected chi connectivity index (χ3v) is 9.35. The first-order valence-electron chi connectivity index (χ1n) is 16.4. The Labute approximate surface area is 288 Å². The van der Waals surface area contributed by atoms with Gasteiger partial charge < -0.3 is 24.2 Å². The monoisotopic (exact) mass is 677 g/mol. The van der Waals surface area contributed by atoms with Crippen LogP contribution in [0.1, 0.15) is 27.8 Å². The fraction of sp³-hybridized carbons (Fsp3) is 0.289. The number of non-ortho nitro benzene ring substituents is 1. The lowest BCUT2D eigenvalue weighted by molar-refractivity contribution is -0.384. The number of benzene rings is 4. The van der Waals surface area contributed by atoms with E-state index in [1.807, 2.05) is 67.6 Å². The summed E-state index contributed by atoms with van der Waals surface area (Å²) in [5.74, 6) is 0.0741. The molecule has 7 rings (SSSR count). The van der Waals surface area contributed by atoms with E-state index in [0.29, 0.717) is 6.42 Å². The minimum absolute atomic E-state index is 0.00214. The second kappa shape index (κ2) is 14.3. The van der Waals surface area contributed by atoms with E-state index in [1.165, 1.54) is 18.5 Å². The standard InChI is InChI=1S/C38H36FN5O6/c1-25-12-16-29(17-13-25)38(27-8-4-2-5-9-27,28-10-6-3-7-11-28)50-23-32-34(45)31(22-49-32)43-24-40-33-35(43)41-37(39)42-36(33)48-21-20-26-14-18-30(19-15-26)44(46)47/h2-19,24,31-35,45H,20-23H2,1H3. The number of aliphatic imine (C=N–C) groups is 3. The van der Waals surface area contributed by atoms with Gasteiger partial charge in [-0.25, -0.2) is 4.99 Å². The molecule has 1 fully saturated rings. The van der Waals surface area contributed by atoms with Gasteiger partial charge in [-0.3, -0.25) is 15.1 Å². The number of halogens is 1. The molecule has 11 nitrogen and oxygen atoms in total. The average Bonchev–Trinajstić information content (AvgIpc) is 3.72. The van der Waals surface area contributed by atoms with Gasteiger partial charge in [-0.1, -0.05) is 103 Å². The number of fused-ring (bicyclic) bond motifs is 1. The van der Waals surface area contributed by atoms with Crippen LogP contribution in [0.2, 0.25) is 0 Å². The average molecular weight is 678 g/mol. The third-order valence-electron chi connectivity index (χ3n) is 9.35. The summed E-state index contributed by atoms with van der Waals surface area (Å²) in [6.07, 6.45) is -1.51. The molecular formula is C38H36FN5O6. The quantitative estimate of drug-likeness (QED) is 0.0977. The number of hydrogen-bond acceptors (Lipinski definition) is 10. The molecule has 3 aliphatic rings. The van der Waals surface area contributed by atoms with Gasteiger partial charge in [0.05, 0.1) is 37.1 Å². The number of aryl methyl sites for hydroxylation is 1. The van der Waals surface area contributed by atoms with Crippen molar-refractivity contribution in [3.8, 4) is 0 Å². The van der Waals surface area contributed by atoms with Crippen LogP contribution in [-0.4, -0.2) is 83.5 Å². The molecule has 12 heteroatoms. The zero-order chi connectivity index (χ0) is 34.7. The van der Waals surface area contributed by atoms with E-state index in [9.17, 15) is 19.6 Å². The summed E-state index contributed by atoms with van der Waals surface area (Å²) in [6, 6.07) is 33.1. The molecule has 3 heterocycles. The summed E-state index contributed by atoms with van der Waals surface area (Å²) in [7, 11) is 0. The Kier molecular flexibility index (Phi) is 9.48. The maximum atomic E-state index is 14.8. The lowest BCUT2D eigenvalue weighted by Gasteiger charge is -2.37. The Bertz CT molecular complexity index is 1850. The fourth-order valence-electron chi connectivity index (χ4n) is 6.71. The molecule has 50 heavy (non-hydrogen) atoms. The van der Waals surface area contributed by atoms with Crippen molar-refractivity contribution in [2.45, 2.75) is 49.4 Å². The maximum absolute atomic E-state index is 14.8. The highest BCUT2D eigenvalue weighted by Gasteiger charge is 2.49. The zero-order valence-electron chi connectivity index (χ0n) is 27.3. The second-order valence-corrected chi connectivity index (χ2v) is 12.5. The number of nitro groups is 1. The maximum Gasteiger partial charge on any atom is 0.309 e. The van der Waals surface area contributed by atoms with Crippen molar-refractivity contribution in [2.24, 2.45) is 15.0 Å². The smallest absolute Gasteiger partial charge is 0.309 e. The molecule has 0 saturated carbocycles. The molecule has 3 aliphatic heterocycles. The highest BCUT2D eigenvalue weighted by molar-refractivity contribution is 5.97. The van der Waals surface area contributed by atoms with Crippen molar-refractivity contribution >= 4 is 24.0 Å². The molecule has 1 saturated heterocycles. The van der Waals surface area contributed by atoms with Crippen LogP contribution >= 0.6 is 0 Å². The highest BCUT2D eigenvalue weighted by Crippen LogP contribution is 2.41. The van der Waals surface area contributed by atoms with Crippen molar-refractivity contribution in [1.29, 1.82) is 0 Å². The Hall–Kier alpha value is -5.30. The van der Waals surface area contributed by atoms with Gasteiger partial charge in [-0.05, 0) is 29.2 Å². The number of rotatable bonds is 11. The molecule has 0 aromatic heterocycles. The minimum atomic E-state index is -1.01. The van der Waals surface area contributed by atoms with E-state index in [1.54, 1.807) is 17.0 Å². The normalized spacial score (nSPS) is 22.9. The van der Waals surface area contributed by atoms with Gasteiger partial charge in [0.25, 0.3) is 5.69 Å². The van der Waals surface area contributed by atoms with Crippen LogP contribution in [0, 0.1) is 17.0 Å². The number of aliphatic hydroxyl groups excluding tert-OH is 1. The lowest BCUT2D eigenvalue weighted by atomic mass is 9.79. The first-order valence-corrected chi connectivity index (χ1v) is 16.4. The van der Waals surface area contributed by atoms with E-state index in [0.717, 1.165) is 27.8 Å². The molecule has 4 aromatic rings. The highest BCUT2D eigenvalue weighted by atomic mass is 19.1. The Morgan fingerprint density at radius 2 is 1.60 bits per heavy atom. The summed E-state index contributed by atoms with van der Waals surface area (Å²) in [5, 5.41) is 22.6. The summed E-state index contributed by atoms with van der Waals surface area (Å²) in [6.45, 7) is 2.40. The van der Waals surface area contributed by atoms with Crippen LogP contribution in [0.3, 0.4) is 0 Å². The number of nitrogens with zero attached hydrogens (tertiary/aromatic N) is 5. The van der Waals surface area contributed by atoms with Crippen molar-refractivity contribution in [3.63, 3.8) is 0 Å². The first-order chi connectivity index (χ1) is 24.3. The van der Waals surface area contributed by atoms with Crippen molar-refractivity contribution in [2.75, 3.05) is 19.8 Å².